The van der Waals surface area contributed by atoms with Gasteiger partial charge in [0, 0.05) is 23.1 Å². The molecule has 1 aromatic carbocycles. The predicted molar refractivity (Wildman–Crippen MR) is 135 cm³/mol. The fourth-order valence-electron chi connectivity index (χ4n) is 1.96. The van der Waals surface area contributed by atoms with Crippen LogP contribution in [0.3, 0.4) is 0 Å². The second kappa shape index (κ2) is 25.1. The molecule has 1 rings (SSSR count). The molecule has 0 aliphatic rings. The molecule has 1 atom stereocenters. The fourth-order valence-corrected chi connectivity index (χ4v) is 4.40. The third-order valence-electron chi connectivity index (χ3n) is 3.38. The topological polar surface area (TPSA) is 46.2 Å². The molecule has 0 aromatic heterocycles. The SMILES string of the molecule is CC.CC.CC.CCCCNC(=O)Cc1ccccc1SSC(C)CCC(C)=O. The van der Waals surface area contributed by atoms with E-state index in [1.807, 2.05) is 59.7 Å². The van der Waals surface area contributed by atoms with Crippen molar-refractivity contribution < 1.29 is 9.59 Å². The number of nitrogens with one attached hydrogen (secondary N) is 1. The van der Waals surface area contributed by atoms with Crippen molar-refractivity contribution >= 4 is 33.3 Å². The summed E-state index contributed by atoms with van der Waals surface area (Å²) >= 11 is 0. The third-order valence-corrected chi connectivity index (χ3v) is 6.43. The van der Waals surface area contributed by atoms with Crippen molar-refractivity contribution in [3.05, 3.63) is 29.8 Å². The lowest BCUT2D eigenvalue weighted by Gasteiger charge is -2.12. The molecule has 0 saturated carbocycles. The molecule has 3 nitrogen and oxygen atoms in total. The number of amides is 1. The Morgan fingerprint density at radius 1 is 1.03 bits per heavy atom. The van der Waals surface area contributed by atoms with Crippen LogP contribution in [-0.4, -0.2) is 23.5 Å². The van der Waals surface area contributed by atoms with Gasteiger partial charge < -0.3 is 10.1 Å². The van der Waals surface area contributed by atoms with Crippen molar-refractivity contribution in [1.82, 2.24) is 5.32 Å². The Morgan fingerprint density at radius 3 is 2.17 bits per heavy atom. The molecule has 29 heavy (non-hydrogen) atoms. The van der Waals surface area contributed by atoms with Crippen molar-refractivity contribution in [1.29, 1.82) is 0 Å². The quantitative estimate of drug-likeness (QED) is 0.281. The second-order valence-electron chi connectivity index (χ2n) is 5.72. The molecule has 0 aliphatic carbocycles. The highest BCUT2D eigenvalue weighted by atomic mass is 33.1. The van der Waals surface area contributed by atoms with E-state index in [4.69, 9.17) is 0 Å². The highest BCUT2D eigenvalue weighted by Gasteiger charge is 2.11. The summed E-state index contributed by atoms with van der Waals surface area (Å²) in [5.41, 5.74) is 1.07. The molecule has 1 amide bonds. The van der Waals surface area contributed by atoms with Crippen LogP contribution in [0.4, 0.5) is 0 Å². The Kier molecular flexibility index (Phi) is 28.3. The number of ketones is 1. The number of unbranched alkanes of at least 4 members (excludes halogenated alkanes) is 1. The van der Waals surface area contributed by atoms with E-state index >= 15 is 0 Å². The Balaban J connectivity index is -0.00000103. The average Bonchev–Trinajstić information content (AvgIpc) is 2.76. The lowest BCUT2D eigenvalue weighted by atomic mass is 10.1. The van der Waals surface area contributed by atoms with Crippen LogP contribution in [0.1, 0.15) is 93.6 Å². The van der Waals surface area contributed by atoms with E-state index in [1.54, 1.807) is 28.5 Å². The van der Waals surface area contributed by atoms with Crippen LogP contribution in [0.5, 0.6) is 0 Å². The maximum atomic E-state index is 12.0. The average molecular weight is 444 g/mol. The van der Waals surface area contributed by atoms with Gasteiger partial charge in [0.25, 0.3) is 0 Å². The molecule has 0 bridgehead atoms. The first kappa shape index (κ1) is 32.7. The van der Waals surface area contributed by atoms with Gasteiger partial charge in [-0.1, -0.05) is 102 Å². The summed E-state index contributed by atoms with van der Waals surface area (Å²) in [5, 5.41) is 3.38. The number of hydrogen-bond acceptors (Lipinski definition) is 4. The van der Waals surface area contributed by atoms with Gasteiger partial charge in [-0.05, 0) is 31.4 Å². The Hall–Kier alpha value is -0.940. The lowest BCUT2D eigenvalue weighted by Crippen LogP contribution is -2.26. The Morgan fingerprint density at radius 2 is 1.62 bits per heavy atom. The first-order chi connectivity index (χ1) is 14.0. The van der Waals surface area contributed by atoms with E-state index in [-0.39, 0.29) is 11.7 Å². The minimum atomic E-state index is 0.0844. The molecule has 0 fully saturated rings. The number of hydrogen-bond donors (Lipinski definition) is 1. The molecule has 170 valence electrons. The van der Waals surface area contributed by atoms with Crippen molar-refractivity contribution in [2.45, 2.75) is 105 Å². The number of benzene rings is 1. The summed E-state index contributed by atoms with van der Waals surface area (Å²) in [6.07, 6.45) is 4.06. The molecule has 0 heterocycles. The van der Waals surface area contributed by atoms with Crippen molar-refractivity contribution in [2.24, 2.45) is 0 Å². The minimum Gasteiger partial charge on any atom is -0.356 e. The zero-order valence-corrected chi connectivity index (χ0v) is 21.9. The predicted octanol–water partition coefficient (Wildman–Crippen LogP) is 7.72. The minimum absolute atomic E-state index is 0.0844. The van der Waals surface area contributed by atoms with E-state index in [0.717, 1.165) is 36.3 Å². The van der Waals surface area contributed by atoms with E-state index in [2.05, 4.69) is 25.2 Å². The standard InChI is InChI=1S/C18H27NO2S2.3C2H6/c1-4-5-12-19-18(21)13-16-8-6-7-9-17(16)23-22-15(3)11-10-14(2)20;3*1-2/h6-9,15H,4-5,10-13H2,1-3H3,(H,19,21);3*1-2H3. The molecule has 1 aromatic rings. The largest absolute Gasteiger partial charge is 0.356 e. The van der Waals surface area contributed by atoms with E-state index in [0.29, 0.717) is 18.1 Å². The summed E-state index contributed by atoms with van der Waals surface area (Å²) in [7, 11) is 3.47. The summed E-state index contributed by atoms with van der Waals surface area (Å²) in [4.78, 5) is 24.2. The van der Waals surface area contributed by atoms with Gasteiger partial charge in [-0.3, -0.25) is 4.79 Å². The maximum Gasteiger partial charge on any atom is 0.224 e. The van der Waals surface area contributed by atoms with Gasteiger partial charge in [0.05, 0.1) is 6.42 Å². The fraction of sp³-hybridized carbons (Fsp3) is 0.667. The smallest absolute Gasteiger partial charge is 0.224 e. The van der Waals surface area contributed by atoms with Gasteiger partial charge in [0.15, 0.2) is 0 Å². The van der Waals surface area contributed by atoms with Gasteiger partial charge in [-0.2, -0.15) is 0 Å². The summed E-state index contributed by atoms with van der Waals surface area (Å²) in [6, 6.07) is 8.05. The first-order valence-corrected chi connectivity index (χ1v) is 13.4. The van der Waals surface area contributed by atoms with Crippen molar-refractivity contribution in [3.8, 4) is 0 Å². The van der Waals surface area contributed by atoms with Crippen LogP contribution in [-0.2, 0) is 16.0 Å². The van der Waals surface area contributed by atoms with E-state index < -0.39 is 0 Å². The normalized spacial score (nSPS) is 10.1. The van der Waals surface area contributed by atoms with E-state index in [9.17, 15) is 9.59 Å². The summed E-state index contributed by atoms with van der Waals surface area (Å²) < 4.78 is 0. The van der Waals surface area contributed by atoms with E-state index in [1.165, 1.54) is 0 Å². The van der Waals surface area contributed by atoms with Gasteiger partial charge in [-0.25, -0.2) is 0 Å². The van der Waals surface area contributed by atoms with Crippen LogP contribution in [0.25, 0.3) is 0 Å². The van der Waals surface area contributed by atoms with Crippen molar-refractivity contribution in [2.75, 3.05) is 6.54 Å². The second-order valence-corrected chi connectivity index (χ2v) is 8.40. The van der Waals surface area contributed by atoms with Crippen LogP contribution < -0.4 is 5.32 Å². The first-order valence-electron chi connectivity index (χ1n) is 11.2. The Labute approximate surface area is 189 Å². The molecule has 5 heteroatoms. The molecular weight excluding hydrogens is 398 g/mol. The maximum absolute atomic E-state index is 12.0. The van der Waals surface area contributed by atoms with Crippen molar-refractivity contribution in [3.63, 3.8) is 0 Å². The van der Waals surface area contributed by atoms with Gasteiger partial charge in [-0.15, -0.1) is 0 Å². The van der Waals surface area contributed by atoms with Crippen LogP contribution in [0, 0.1) is 0 Å². The zero-order valence-electron chi connectivity index (χ0n) is 20.3. The monoisotopic (exact) mass is 443 g/mol. The molecule has 0 radical (unpaired) electrons. The lowest BCUT2D eigenvalue weighted by molar-refractivity contribution is -0.120. The van der Waals surface area contributed by atoms with Gasteiger partial charge >= 0.3 is 0 Å². The third kappa shape index (κ3) is 20.1. The number of carbonyl (C=O) groups is 2. The highest BCUT2D eigenvalue weighted by molar-refractivity contribution is 8.77. The number of rotatable bonds is 11. The number of carbonyl (C=O) groups excluding carboxylic acids is 2. The molecule has 0 saturated heterocycles. The van der Waals surface area contributed by atoms with Crippen LogP contribution >= 0.6 is 21.6 Å². The molecular formula is C24H45NO2S2. The molecule has 0 aliphatic heterocycles. The van der Waals surface area contributed by atoms with Gasteiger partial charge in [0.2, 0.25) is 5.91 Å². The number of Topliss-reactive ketones (excluding diaryl/α,β-unsaturated/α-hetero) is 1. The zero-order chi connectivity index (χ0) is 23.1. The van der Waals surface area contributed by atoms with Crippen LogP contribution in [0.15, 0.2) is 29.2 Å². The summed E-state index contributed by atoms with van der Waals surface area (Å²) in [6.45, 7) is 18.6. The molecule has 1 unspecified atom stereocenters. The highest BCUT2D eigenvalue weighted by Crippen LogP contribution is 2.37. The molecule has 1 N–H and O–H groups in total. The Bertz CT molecular complexity index is 507. The summed E-state index contributed by atoms with van der Waals surface area (Å²) in [5.74, 6) is 0.327. The van der Waals surface area contributed by atoms with Crippen LogP contribution in [0.2, 0.25) is 0 Å². The van der Waals surface area contributed by atoms with Gasteiger partial charge in [0.1, 0.15) is 5.78 Å². The molecule has 0 spiro atoms.